The van der Waals surface area contributed by atoms with Gasteiger partial charge in [0.05, 0.1) is 17.4 Å². The van der Waals surface area contributed by atoms with E-state index in [0.717, 1.165) is 44.1 Å². The van der Waals surface area contributed by atoms with Crippen LogP contribution in [0, 0.1) is 0 Å². The highest BCUT2D eigenvalue weighted by Crippen LogP contribution is 2.28. The zero-order valence-corrected chi connectivity index (χ0v) is 12.0. The van der Waals surface area contributed by atoms with E-state index in [-0.39, 0.29) is 6.04 Å². The second kappa shape index (κ2) is 5.26. The summed E-state index contributed by atoms with van der Waals surface area (Å²) in [5.41, 5.74) is 1.87. The molecule has 2 bridgehead atoms. The lowest BCUT2D eigenvalue weighted by Gasteiger charge is -2.48. The standard InChI is InChI=1S/C16H20N4O/c21-16(15-12-18-8-10-19(15)11-9-18)14-6-7-17-20(14)13-4-2-1-3-5-13/h1-7,15-16,21H,8-12H2. The lowest BCUT2D eigenvalue weighted by atomic mass is 10.00. The fraction of sp³-hybridized carbons (Fsp3) is 0.438. The van der Waals surface area contributed by atoms with Gasteiger partial charge in [0, 0.05) is 38.9 Å². The minimum Gasteiger partial charge on any atom is -0.385 e. The highest BCUT2D eigenvalue weighted by atomic mass is 16.3. The second-order valence-corrected chi connectivity index (χ2v) is 5.85. The molecule has 0 spiro atoms. The van der Waals surface area contributed by atoms with Crippen LogP contribution in [-0.4, -0.2) is 63.5 Å². The smallest absolute Gasteiger partial charge is 0.113 e. The van der Waals surface area contributed by atoms with E-state index >= 15 is 0 Å². The number of piperazine rings is 3. The van der Waals surface area contributed by atoms with E-state index < -0.39 is 6.10 Å². The molecule has 0 amide bonds. The van der Waals surface area contributed by atoms with Gasteiger partial charge in [-0.3, -0.25) is 9.80 Å². The van der Waals surface area contributed by atoms with Crippen LogP contribution in [0.4, 0.5) is 0 Å². The molecule has 1 N–H and O–H groups in total. The van der Waals surface area contributed by atoms with Crippen molar-refractivity contribution < 1.29 is 5.11 Å². The zero-order valence-electron chi connectivity index (χ0n) is 12.0. The van der Waals surface area contributed by atoms with Crippen LogP contribution in [0.5, 0.6) is 0 Å². The van der Waals surface area contributed by atoms with Gasteiger partial charge in [-0.1, -0.05) is 18.2 Å². The quantitative estimate of drug-likeness (QED) is 0.910. The van der Waals surface area contributed by atoms with Crippen LogP contribution in [0.15, 0.2) is 42.6 Å². The Labute approximate surface area is 124 Å². The third-order valence-corrected chi connectivity index (χ3v) is 4.66. The lowest BCUT2D eigenvalue weighted by molar-refractivity contribution is -0.0489. The molecule has 1 aromatic carbocycles. The third-order valence-electron chi connectivity index (χ3n) is 4.66. The van der Waals surface area contributed by atoms with Gasteiger partial charge in [-0.2, -0.15) is 5.10 Å². The molecular weight excluding hydrogens is 264 g/mol. The summed E-state index contributed by atoms with van der Waals surface area (Å²) in [4.78, 5) is 4.85. The molecule has 3 saturated heterocycles. The Hall–Kier alpha value is -1.69. The van der Waals surface area contributed by atoms with Crippen molar-refractivity contribution in [3.05, 3.63) is 48.3 Å². The first-order valence-corrected chi connectivity index (χ1v) is 7.57. The molecule has 3 aliphatic heterocycles. The van der Waals surface area contributed by atoms with E-state index in [9.17, 15) is 5.11 Å². The first-order valence-electron chi connectivity index (χ1n) is 7.57. The van der Waals surface area contributed by atoms with E-state index in [1.807, 2.05) is 41.1 Å². The molecule has 2 aromatic rings. The topological polar surface area (TPSA) is 44.5 Å². The van der Waals surface area contributed by atoms with Crippen LogP contribution in [-0.2, 0) is 0 Å². The van der Waals surface area contributed by atoms with Gasteiger partial charge < -0.3 is 5.11 Å². The summed E-state index contributed by atoms with van der Waals surface area (Å²) >= 11 is 0. The van der Waals surface area contributed by atoms with Crippen LogP contribution in [0.3, 0.4) is 0 Å². The van der Waals surface area contributed by atoms with Crippen LogP contribution >= 0.6 is 0 Å². The van der Waals surface area contributed by atoms with Crippen molar-refractivity contribution in [3.63, 3.8) is 0 Å². The van der Waals surface area contributed by atoms with Gasteiger partial charge in [-0.25, -0.2) is 4.68 Å². The van der Waals surface area contributed by atoms with Crippen LogP contribution in [0.25, 0.3) is 5.69 Å². The maximum absolute atomic E-state index is 10.9. The van der Waals surface area contributed by atoms with Crippen LogP contribution < -0.4 is 0 Å². The van der Waals surface area contributed by atoms with Gasteiger partial charge in [-0.05, 0) is 18.2 Å². The Balaban J connectivity index is 1.64. The molecule has 0 aliphatic carbocycles. The summed E-state index contributed by atoms with van der Waals surface area (Å²) in [6.45, 7) is 5.31. The zero-order chi connectivity index (χ0) is 14.2. The fourth-order valence-corrected chi connectivity index (χ4v) is 3.48. The number of hydrogen-bond acceptors (Lipinski definition) is 4. The van der Waals surface area contributed by atoms with Gasteiger partial charge in [0.15, 0.2) is 0 Å². The summed E-state index contributed by atoms with van der Waals surface area (Å²) in [5, 5.41) is 15.3. The van der Waals surface area contributed by atoms with E-state index in [0.29, 0.717) is 0 Å². The average molecular weight is 284 g/mol. The molecule has 0 saturated carbocycles. The second-order valence-electron chi connectivity index (χ2n) is 5.85. The van der Waals surface area contributed by atoms with Gasteiger partial charge >= 0.3 is 0 Å². The Morgan fingerprint density at radius 2 is 1.81 bits per heavy atom. The molecule has 5 heteroatoms. The van der Waals surface area contributed by atoms with E-state index in [1.165, 1.54) is 0 Å². The Morgan fingerprint density at radius 3 is 2.48 bits per heavy atom. The van der Waals surface area contributed by atoms with E-state index in [2.05, 4.69) is 14.9 Å². The van der Waals surface area contributed by atoms with Crippen molar-refractivity contribution in [2.75, 3.05) is 32.7 Å². The van der Waals surface area contributed by atoms with E-state index in [1.54, 1.807) is 6.20 Å². The number of aliphatic hydroxyl groups excluding tert-OH is 1. The van der Waals surface area contributed by atoms with Crippen molar-refractivity contribution in [2.45, 2.75) is 12.1 Å². The Morgan fingerprint density at radius 1 is 1.05 bits per heavy atom. The number of hydrogen-bond donors (Lipinski definition) is 1. The molecule has 3 aliphatic rings. The lowest BCUT2D eigenvalue weighted by Crippen LogP contribution is -2.62. The van der Waals surface area contributed by atoms with Gasteiger partial charge in [-0.15, -0.1) is 0 Å². The van der Waals surface area contributed by atoms with Crippen LogP contribution in [0.1, 0.15) is 11.8 Å². The molecule has 3 fully saturated rings. The Bertz CT molecular complexity index is 604. The SMILES string of the molecule is OC(c1ccnn1-c1ccccc1)C1CN2CCN1CC2. The van der Waals surface area contributed by atoms with Gasteiger partial charge in [0.25, 0.3) is 0 Å². The predicted molar refractivity (Wildman–Crippen MR) is 80.3 cm³/mol. The molecule has 2 atom stereocenters. The largest absolute Gasteiger partial charge is 0.385 e. The number of nitrogens with zero attached hydrogens (tertiary/aromatic N) is 4. The summed E-state index contributed by atoms with van der Waals surface area (Å²) in [6, 6.07) is 12.1. The third kappa shape index (κ3) is 2.27. The summed E-state index contributed by atoms with van der Waals surface area (Å²) in [5.74, 6) is 0. The number of fused-ring (bicyclic) bond motifs is 3. The molecule has 4 heterocycles. The number of rotatable bonds is 3. The van der Waals surface area contributed by atoms with Crippen molar-refractivity contribution in [2.24, 2.45) is 0 Å². The van der Waals surface area contributed by atoms with E-state index in [4.69, 9.17) is 0 Å². The van der Waals surface area contributed by atoms with Crippen molar-refractivity contribution in [3.8, 4) is 5.69 Å². The normalized spacial score (nSPS) is 29.5. The number of aliphatic hydroxyl groups is 1. The monoisotopic (exact) mass is 284 g/mol. The number of benzene rings is 1. The maximum atomic E-state index is 10.9. The number of aromatic nitrogens is 2. The molecule has 21 heavy (non-hydrogen) atoms. The van der Waals surface area contributed by atoms with Crippen LogP contribution in [0.2, 0.25) is 0 Å². The minimum absolute atomic E-state index is 0.173. The first kappa shape index (κ1) is 13.0. The molecule has 5 rings (SSSR count). The maximum Gasteiger partial charge on any atom is 0.113 e. The fourth-order valence-electron chi connectivity index (χ4n) is 3.48. The molecule has 2 unspecified atom stereocenters. The van der Waals surface area contributed by atoms with Gasteiger partial charge in [0.2, 0.25) is 0 Å². The number of para-hydroxylation sites is 1. The molecule has 0 radical (unpaired) electrons. The molecular formula is C16H20N4O. The molecule has 1 aromatic heterocycles. The summed E-state index contributed by atoms with van der Waals surface area (Å²) in [7, 11) is 0. The van der Waals surface area contributed by atoms with Gasteiger partial charge in [0.1, 0.15) is 6.10 Å². The first-order chi connectivity index (χ1) is 10.3. The summed E-state index contributed by atoms with van der Waals surface area (Å²) in [6.07, 6.45) is 1.26. The predicted octanol–water partition coefficient (Wildman–Crippen LogP) is 0.905. The highest BCUT2D eigenvalue weighted by molar-refractivity contribution is 5.33. The van der Waals surface area contributed by atoms with Crippen molar-refractivity contribution in [1.82, 2.24) is 19.6 Å². The van der Waals surface area contributed by atoms with Crippen molar-refractivity contribution >= 4 is 0 Å². The molecule has 5 nitrogen and oxygen atoms in total. The van der Waals surface area contributed by atoms with Crippen molar-refractivity contribution in [1.29, 1.82) is 0 Å². The highest BCUT2D eigenvalue weighted by Gasteiger charge is 2.37. The Kier molecular flexibility index (Phi) is 3.25. The average Bonchev–Trinajstić information content (AvgIpc) is 3.05. The minimum atomic E-state index is -0.504. The summed E-state index contributed by atoms with van der Waals surface area (Å²) < 4.78 is 1.85. The molecule has 110 valence electrons.